The van der Waals surface area contributed by atoms with E-state index in [4.69, 9.17) is 25.8 Å². The Bertz CT molecular complexity index is 914. The molecule has 0 bridgehead atoms. The van der Waals surface area contributed by atoms with Crippen LogP contribution in [0.1, 0.15) is 70.1 Å². The molecule has 1 aliphatic carbocycles. The first-order chi connectivity index (χ1) is 16.2. The van der Waals surface area contributed by atoms with E-state index in [1.54, 1.807) is 0 Å². The molecular weight excluding hydrogens is 470 g/mol. The maximum atomic E-state index is 13.4. The number of aliphatic hydroxyl groups is 1. The molecule has 1 saturated carbocycles. The third kappa shape index (κ3) is 6.76. The minimum Gasteiger partial charge on any atom is -0.463 e. The zero-order valence-electron chi connectivity index (χ0n) is 21.9. The van der Waals surface area contributed by atoms with Crippen molar-refractivity contribution in [2.24, 2.45) is 10.8 Å². The van der Waals surface area contributed by atoms with Crippen molar-refractivity contribution in [1.82, 2.24) is 5.32 Å². The Morgan fingerprint density at radius 1 is 1.09 bits per heavy atom. The Labute approximate surface area is 213 Å². The predicted octanol–water partition coefficient (Wildman–Crippen LogP) is 4.26. The van der Waals surface area contributed by atoms with Crippen molar-refractivity contribution in [3.8, 4) is 0 Å². The summed E-state index contributed by atoms with van der Waals surface area (Å²) >= 11 is 6.15. The topological polar surface area (TPSA) is 94.1 Å². The van der Waals surface area contributed by atoms with E-state index in [9.17, 15) is 14.7 Å². The van der Waals surface area contributed by atoms with E-state index in [1.165, 1.54) is 0 Å². The monoisotopic (exact) mass is 509 g/mol. The summed E-state index contributed by atoms with van der Waals surface area (Å²) in [5, 5.41) is 13.2. The van der Waals surface area contributed by atoms with Crippen LogP contribution in [0.25, 0.3) is 0 Å². The summed E-state index contributed by atoms with van der Waals surface area (Å²) in [7, 11) is 0. The van der Waals surface area contributed by atoms with Gasteiger partial charge in [0.2, 0.25) is 5.91 Å². The average molecular weight is 510 g/mol. The van der Waals surface area contributed by atoms with Crippen LogP contribution in [-0.2, 0) is 30.2 Å². The van der Waals surface area contributed by atoms with Crippen molar-refractivity contribution in [2.45, 2.75) is 85.0 Å². The molecule has 1 amide bonds. The molecule has 1 saturated heterocycles. The van der Waals surface area contributed by atoms with E-state index < -0.39 is 22.7 Å². The number of carbonyl (C=O) groups excluding carboxylic acids is 2. The molecule has 0 aromatic heterocycles. The van der Waals surface area contributed by atoms with Crippen LogP contribution in [0.4, 0.5) is 0 Å². The van der Waals surface area contributed by atoms with Gasteiger partial charge in [0.25, 0.3) is 0 Å². The van der Waals surface area contributed by atoms with Crippen LogP contribution in [0.5, 0.6) is 0 Å². The molecule has 0 atom stereocenters. The van der Waals surface area contributed by atoms with Crippen molar-refractivity contribution in [2.75, 3.05) is 26.4 Å². The molecule has 2 aliphatic rings. The van der Waals surface area contributed by atoms with Gasteiger partial charge < -0.3 is 24.6 Å². The highest BCUT2D eigenvalue weighted by Crippen LogP contribution is 2.43. The fourth-order valence-corrected chi connectivity index (χ4v) is 4.93. The van der Waals surface area contributed by atoms with Crippen molar-refractivity contribution in [3.05, 3.63) is 33.8 Å². The van der Waals surface area contributed by atoms with Gasteiger partial charge in [0.15, 0.2) is 5.79 Å². The van der Waals surface area contributed by atoms with E-state index in [2.05, 4.69) is 19.2 Å². The molecule has 196 valence electrons. The summed E-state index contributed by atoms with van der Waals surface area (Å²) in [5.41, 5.74) is 0.945. The number of aliphatic hydroxyl groups excluding tert-OH is 1. The van der Waals surface area contributed by atoms with Crippen LogP contribution in [0.3, 0.4) is 0 Å². The summed E-state index contributed by atoms with van der Waals surface area (Å²) in [6.45, 7) is 12.8. The van der Waals surface area contributed by atoms with Gasteiger partial charge in [0, 0.05) is 28.7 Å². The van der Waals surface area contributed by atoms with Crippen LogP contribution >= 0.6 is 11.6 Å². The van der Waals surface area contributed by atoms with Crippen molar-refractivity contribution in [1.29, 1.82) is 0 Å². The number of aryl methyl sites for hydroxylation is 2. The number of amides is 1. The molecule has 0 unspecified atom stereocenters. The highest BCUT2D eigenvalue weighted by atomic mass is 35.5. The van der Waals surface area contributed by atoms with Gasteiger partial charge in [0.05, 0.1) is 32.8 Å². The lowest BCUT2D eigenvalue weighted by Crippen LogP contribution is -2.61. The van der Waals surface area contributed by atoms with Gasteiger partial charge in [-0.2, -0.15) is 0 Å². The minimum absolute atomic E-state index is 0.0572. The first-order valence-corrected chi connectivity index (χ1v) is 12.7. The molecule has 1 spiro atoms. The molecule has 1 heterocycles. The fourth-order valence-electron chi connectivity index (χ4n) is 4.60. The van der Waals surface area contributed by atoms with Crippen LogP contribution in [0.15, 0.2) is 12.1 Å². The summed E-state index contributed by atoms with van der Waals surface area (Å²) in [6, 6.07) is 3.67. The maximum Gasteiger partial charge on any atom is 0.331 e. The Balaban J connectivity index is 1.77. The Morgan fingerprint density at radius 2 is 1.63 bits per heavy atom. The van der Waals surface area contributed by atoms with Gasteiger partial charge in [-0.25, -0.2) is 4.79 Å². The summed E-state index contributed by atoms with van der Waals surface area (Å²) in [5.74, 6) is -1.47. The normalized spacial score (nSPS) is 20.9. The Kier molecular flexibility index (Phi) is 8.27. The van der Waals surface area contributed by atoms with E-state index in [-0.39, 0.29) is 31.0 Å². The second kappa shape index (κ2) is 10.4. The first kappa shape index (κ1) is 27.9. The highest BCUT2D eigenvalue weighted by molar-refractivity contribution is 6.30. The van der Waals surface area contributed by atoms with Gasteiger partial charge in [-0.15, -0.1) is 0 Å². The number of rotatable bonds is 7. The molecule has 7 nitrogen and oxygen atoms in total. The average Bonchev–Trinajstić information content (AvgIpc) is 2.78. The molecular formula is C27H40ClNO6. The zero-order chi connectivity index (χ0) is 26.1. The number of esters is 1. The van der Waals surface area contributed by atoms with E-state index in [1.807, 2.05) is 39.8 Å². The highest BCUT2D eigenvalue weighted by Gasteiger charge is 2.52. The lowest BCUT2D eigenvalue weighted by molar-refractivity contribution is -0.313. The Morgan fingerprint density at radius 3 is 2.14 bits per heavy atom. The lowest BCUT2D eigenvalue weighted by atomic mass is 9.77. The quantitative estimate of drug-likeness (QED) is 0.533. The van der Waals surface area contributed by atoms with Gasteiger partial charge in [0.1, 0.15) is 5.54 Å². The molecule has 0 radical (unpaired) electrons. The fraction of sp³-hybridized carbons (Fsp3) is 0.704. The number of halogens is 1. The van der Waals surface area contributed by atoms with Crippen LogP contribution < -0.4 is 5.32 Å². The summed E-state index contributed by atoms with van der Waals surface area (Å²) in [6.07, 6.45) is 1.77. The maximum absolute atomic E-state index is 13.4. The number of carbonyl (C=O) groups is 2. The van der Waals surface area contributed by atoms with Gasteiger partial charge in [-0.05, 0) is 55.5 Å². The molecule has 1 aromatic carbocycles. The summed E-state index contributed by atoms with van der Waals surface area (Å²) in [4.78, 5) is 26.6. The molecule has 2 N–H and O–H groups in total. The Hall–Kier alpha value is -1.67. The lowest BCUT2D eigenvalue weighted by Gasteiger charge is -2.49. The van der Waals surface area contributed by atoms with E-state index >= 15 is 0 Å². The van der Waals surface area contributed by atoms with Crippen LogP contribution in [0, 0.1) is 24.7 Å². The number of hydrogen-bond acceptors (Lipinski definition) is 6. The zero-order valence-corrected chi connectivity index (χ0v) is 22.6. The molecule has 2 fully saturated rings. The largest absolute Gasteiger partial charge is 0.463 e. The minimum atomic E-state index is -1.18. The van der Waals surface area contributed by atoms with Crippen LogP contribution in [-0.4, -0.2) is 54.7 Å². The van der Waals surface area contributed by atoms with Gasteiger partial charge >= 0.3 is 5.97 Å². The van der Waals surface area contributed by atoms with E-state index in [0.29, 0.717) is 43.9 Å². The van der Waals surface area contributed by atoms with Crippen molar-refractivity contribution < 1.29 is 28.9 Å². The molecule has 35 heavy (non-hydrogen) atoms. The van der Waals surface area contributed by atoms with Crippen molar-refractivity contribution in [3.63, 3.8) is 0 Å². The van der Waals surface area contributed by atoms with E-state index in [0.717, 1.165) is 16.7 Å². The standard InChI is InChI=1S/C27H40ClNO6/c1-18-11-20(28)12-19(2)21(18)13-22(31)29-26(23(32)33-15-24(3,4)14-30)7-9-27(10-8-26)34-16-25(5,6)17-35-27/h11-12,30H,7-10,13-17H2,1-6H3,(H,29,31). The number of ether oxygens (including phenoxy) is 3. The third-order valence-electron chi connectivity index (χ3n) is 7.11. The molecule has 1 aromatic rings. The number of benzene rings is 1. The first-order valence-electron chi connectivity index (χ1n) is 12.3. The summed E-state index contributed by atoms with van der Waals surface area (Å²) < 4.78 is 17.9. The molecule has 1 aliphatic heterocycles. The second-order valence-electron chi connectivity index (χ2n) is 11.9. The van der Waals surface area contributed by atoms with Crippen molar-refractivity contribution >= 4 is 23.5 Å². The smallest absolute Gasteiger partial charge is 0.331 e. The SMILES string of the molecule is Cc1cc(Cl)cc(C)c1CC(=O)NC1(C(=O)OCC(C)(C)CO)CCC2(CC1)OCC(C)(C)CO2. The number of hydrogen-bond donors (Lipinski definition) is 2. The van der Waals surface area contributed by atoms with Gasteiger partial charge in [-0.1, -0.05) is 39.3 Å². The predicted molar refractivity (Wildman–Crippen MR) is 134 cm³/mol. The molecule has 3 rings (SSSR count). The third-order valence-corrected chi connectivity index (χ3v) is 7.33. The van der Waals surface area contributed by atoms with Crippen LogP contribution in [0.2, 0.25) is 5.02 Å². The second-order valence-corrected chi connectivity index (χ2v) is 12.3. The number of nitrogens with one attached hydrogen (secondary N) is 1. The van der Waals surface area contributed by atoms with Gasteiger partial charge in [-0.3, -0.25) is 4.79 Å². The molecule has 8 heteroatoms.